The topological polar surface area (TPSA) is 116 Å². The van der Waals surface area contributed by atoms with Crippen molar-refractivity contribution in [3.63, 3.8) is 0 Å². The van der Waals surface area contributed by atoms with E-state index in [4.69, 9.17) is 14.2 Å². The van der Waals surface area contributed by atoms with Crippen molar-refractivity contribution in [2.24, 2.45) is 0 Å². The minimum atomic E-state index is -3.34. The van der Waals surface area contributed by atoms with Gasteiger partial charge < -0.3 is 29.3 Å². The number of nitriles is 1. The van der Waals surface area contributed by atoms with Gasteiger partial charge in [-0.05, 0) is 69.3 Å². The number of hydrogen-bond acceptors (Lipinski definition) is 10. The van der Waals surface area contributed by atoms with Crippen molar-refractivity contribution in [1.82, 2.24) is 19.8 Å². The Bertz CT molecular complexity index is 1610. The lowest BCUT2D eigenvalue weighted by molar-refractivity contribution is -0.137. The smallest absolute Gasteiger partial charge is 0.410 e. The third-order valence-electron chi connectivity index (χ3n) is 8.45. The number of anilines is 3. The molecule has 3 saturated heterocycles. The molecule has 4 heterocycles. The number of alkyl halides is 2. The molecule has 13 heteroatoms. The number of halogens is 2. The largest absolute Gasteiger partial charge is 0.483 e. The molecule has 11 nitrogen and oxygen atoms in total. The van der Waals surface area contributed by atoms with E-state index in [1.54, 1.807) is 45.2 Å². The number of ether oxygens (including phenoxy) is 3. The standard InChI is InChI=1S/C34H39F2N7O4/c1-33(2,3)47-32(44)43-13-11-30(34(35,36)22-43)46-29-9-4-23(18-24(29)19-37)28-10-12-38-31(40-28)39-25-5-7-26(8-6-25)41-14-16-42(17-15-41)27-20-45-21-27/h4-10,12,18,27,30H,11,13-17,20-22H2,1-3H3,(H,38,39,40). The molecule has 1 atom stereocenters. The van der Waals surface area contributed by atoms with Crippen molar-refractivity contribution < 1.29 is 27.8 Å². The number of benzene rings is 2. The summed E-state index contributed by atoms with van der Waals surface area (Å²) in [6, 6.07) is 17.2. The van der Waals surface area contributed by atoms with E-state index in [-0.39, 0.29) is 24.3 Å². The fourth-order valence-corrected chi connectivity index (χ4v) is 5.82. The average Bonchev–Trinajstić information content (AvgIpc) is 3.01. The van der Waals surface area contributed by atoms with Gasteiger partial charge in [0.15, 0.2) is 6.10 Å². The second-order valence-corrected chi connectivity index (χ2v) is 13.0. The van der Waals surface area contributed by atoms with Crippen LogP contribution in [0.1, 0.15) is 32.8 Å². The SMILES string of the molecule is CC(C)(C)OC(=O)N1CCC(Oc2ccc(-c3ccnc(Nc4ccc(N5CCN(C6COC6)CC5)cc4)n3)cc2C#N)C(F)(F)C1. The van der Waals surface area contributed by atoms with Crippen LogP contribution in [0.3, 0.4) is 0 Å². The highest BCUT2D eigenvalue weighted by Crippen LogP contribution is 2.34. The molecule has 1 N–H and O–H groups in total. The van der Waals surface area contributed by atoms with Crippen molar-refractivity contribution in [2.45, 2.75) is 50.9 Å². The van der Waals surface area contributed by atoms with Crippen molar-refractivity contribution >= 4 is 23.4 Å². The lowest BCUT2D eigenvalue weighted by atomic mass is 10.0. The van der Waals surface area contributed by atoms with Gasteiger partial charge in [-0.15, -0.1) is 0 Å². The van der Waals surface area contributed by atoms with Crippen molar-refractivity contribution in [1.29, 1.82) is 5.26 Å². The molecule has 3 aromatic rings. The van der Waals surface area contributed by atoms with E-state index < -0.39 is 30.3 Å². The summed E-state index contributed by atoms with van der Waals surface area (Å²) in [6.07, 6.45) is -0.806. The molecule has 0 spiro atoms. The third kappa shape index (κ3) is 7.72. The van der Waals surface area contributed by atoms with E-state index in [2.05, 4.69) is 43.3 Å². The van der Waals surface area contributed by atoms with E-state index in [0.717, 1.165) is 55.7 Å². The van der Waals surface area contributed by atoms with Crippen LogP contribution in [0, 0.1) is 11.3 Å². The number of carbonyl (C=O) groups is 1. The van der Waals surface area contributed by atoms with E-state index in [0.29, 0.717) is 23.2 Å². The number of hydrogen-bond donors (Lipinski definition) is 1. The predicted octanol–water partition coefficient (Wildman–Crippen LogP) is 5.30. The first kappa shape index (κ1) is 32.4. The number of aromatic nitrogens is 2. The summed E-state index contributed by atoms with van der Waals surface area (Å²) < 4.78 is 46.4. The Morgan fingerprint density at radius 1 is 1.06 bits per heavy atom. The van der Waals surface area contributed by atoms with E-state index in [1.165, 1.54) is 6.07 Å². The summed E-state index contributed by atoms with van der Waals surface area (Å²) >= 11 is 0. The summed E-state index contributed by atoms with van der Waals surface area (Å²) in [7, 11) is 0. The lowest BCUT2D eigenvalue weighted by Crippen LogP contribution is -2.56. The monoisotopic (exact) mass is 647 g/mol. The zero-order valence-electron chi connectivity index (χ0n) is 26.8. The number of nitrogens with zero attached hydrogens (tertiary/aromatic N) is 6. The maximum atomic E-state index is 15.1. The molecule has 0 bridgehead atoms. The van der Waals surface area contributed by atoms with Gasteiger partial charge in [-0.25, -0.2) is 23.5 Å². The minimum absolute atomic E-state index is 0.0394. The summed E-state index contributed by atoms with van der Waals surface area (Å²) in [5, 5.41) is 13.1. The van der Waals surface area contributed by atoms with Crippen molar-refractivity contribution in [2.75, 3.05) is 62.7 Å². The molecular weight excluding hydrogens is 608 g/mol. The van der Waals surface area contributed by atoms with Crippen LogP contribution >= 0.6 is 0 Å². The number of piperazine rings is 1. The number of amides is 1. The van der Waals surface area contributed by atoms with Gasteiger partial charge in [-0.2, -0.15) is 5.26 Å². The van der Waals surface area contributed by atoms with Gasteiger partial charge in [0, 0.05) is 62.3 Å². The Balaban J connectivity index is 1.08. The Hall–Kier alpha value is -4.54. The second kappa shape index (κ2) is 13.3. The zero-order valence-corrected chi connectivity index (χ0v) is 26.8. The van der Waals surface area contributed by atoms with Gasteiger partial charge >= 0.3 is 12.0 Å². The second-order valence-electron chi connectivity index (χ2n) is 13.0. The van der Waals surface area contributed by atoms with Gasteiger partial charge in [-0.1, -0.05) is 0 Å². The summed E-state index contributed by atoms with van der Waals surface area (Å²) in [4.78, 5) is 27.2. The van der Waals surface area contributed by atoms with Gasteiger partial charge in [0.05, 0.1) is 37.1 Å². The van der Waals surface area contributed by atoms with Crippen molar-refractivity contribution in [3.05, 3.63) is 60.3 Å². The number of nitrogens with one attached hydrogen (secondary N) is 1. The molecule has 3 aliphatic rings. The highest BCUT2D eigenvalue weighted by Gasteiger charge is 2.48. The van der Waals surface area contributed by atoms with Crippen LogP contribution in [0.4, 0.5) is 30.9 Å². The lowest BCUT2D eigenvalue weighted by Gasteiger charge is -2.43. The zero-order chi connectivity index (χ0) is 33.2. The van der Waals surface area contributed by atoms with Gasteiger partial charge in [0.2, 0.25) is 5.95 Å². The first-order valence-electron chi connectivity index (χ1n) is 15.8. The average molecular weight is 648 g/mol. The Morgan fingerprint density at radius 3 is 2.45 bits per heavy atom. The molecule has 6 rings (SSSR count). The Labute approximate surface area is 273 Å². The van der Waals surface area contributed by atoms with Gasteiger partial charge in [-0.3, -0.25) is 4.90 Å². The maximum absolute atomic E-state index is 15.1. The number of piperidine rings is 1. The van der Waals surface area contributed by atoms with Crippen LogP contribution in [0.5, 0.6) is 5.75 Å². The molecule has 0 saturated carbocycles. The molecular formula is C34H39F2N7O4. The first-order chi connectivity index (χ1) is 22.5. The predicted molar refractivity (Wildman–Crippen MR) is 172 cm³/mol. The molecule has 3 aliphatic heterocycles. The summed E-state index contributed by atoms with van der Waals surface area (Å²) in [5.41, 5.74) is 2.45. The minimum Gasteiger partial charge on any atom is -0.483 e. The summed E-state index contributed by atoms with van der Waals surface area (Å²) in [6.45, 7) is 9.91. The number of carbonyl (C=O) groups excluding carboxylic acids is 1. The maximum Gasteiger partial charge on any atom is 0.410 e. The van der Waals surface area contributed by atoms with Crippen LogP contribution in [-0.4, -0.2) is 102 Å². The quantitative estimate of drug-likeness (QED) is 0.362. The molecule has 1 amide bonds. The van der Waals surface area contributed by atoms with Crippen LogP contribution in [0.25, 0.3) is 11.3 Å². The molecule has 0 aliphatic carbocycles. The van der Waals surface area contributed by atoms with Gasteiger partial charge in [0.25, 0.3) is 0 Å². The fourth-order valence-electron chi connectivity index (χ4n) is 5.82. The highest BCUT2D eigenvalue weighted by molar-refractivity contribution is 5.69. The van der Waals surface area contributed by atoms with E-state index in [9.17, 15) is 10.1 Å². The van der Waals surface area contributed by atoms with Crippen LogP contribution < -0.4 is 15.0 Å². The molecule has 0 radical (unpaired) electrons. The van der Waals surface area contributed by atoms with Crippen LogP contribution in [0.15, 0.2) is 54.7 Å². The number of likely N-dealkylation sites (tertiary alicyclic amines) is 1. The number of rotatable bonds is 7. The van der Waals surface area contributed by atoms with Crippen molar-refractivity contribution in [3.8, 4) is 23.1 Å². The normalized spacial score (nSPS) is 20.2. The molecule has 47 heavy (non-hydrogen) atoms. The highest BCUT2D eigenvalue weighted by atomic mass is 19.3. The van der Waals surface area contributed by atoms with Crippen LogP contribution in [0.2, 0.25) is 0 Å². The van der Waals surface area contributed by atoms with Gasteiger partial charge in [0.1, 0.15) is 17.4 Å². The molecule has 1 aromatic heterocycles. The van der Waals surface area contributed by atoms with Crippen LogP contribution in [-0.2, 0) is 9.47 Å². The molecule has 2 aromatic carbocycles. The van der Waals surface area contributed by atoms with E-state index >= 15 is 8.78 Å². The molecule has 1 unspecified atom stereocenters. The summed E-state index contributed by atoms with van der Waals surface area (Å²) in [5.74, 6) is -2.92. The Kier molecular flexibility index (Phi) is 9.16. The molecule has 3 fully saturated rings. The van der Waals surface area contributed by atoms with E-state index in [1.807, 2.05) is 12.1 Å². The fraction of sp³-hybridized carbons (Fsp3) is 0.471. The third-order valence-corrected chi connectivity index (χ3v) is 8.45. The molecule has 248 valence electrons. The Morgan fingerprint density at radius 2 is 1.81 bits per heavy atom. The first-order valence-corrected chi connectivity index (χ1v) is 15.8.